The SMILES string of the molecule is CC(=O)O[C@@H](C1CCC2C(CC3C4CCC5C(C)(C)[C@@H](OC6CN(C7CN(C(=O)OC(C)(C)C)C7)CCO6)CCC56C[C@@]46CC[C@]23C)O1)C(C)(C)O.[HH]. The number of hydrogen-bond donors (Lipinski definition) is 1. The van der Waals surface area contributed by atoms with Gasteiger partial charge in [0, 0.05) is 34.0 Å². The summed E-state index contributed by atoms with van der Waals surface area (Å²) in [6, 6.07) is 0.330. The summed E-state index contributed by atoms with van der Waals surface area (Å²) in [5, 5.41) is 10.9. The molecule has 8 aliphatic rings. The third kappa shape index (κ3) is 5.97. The lowest BCUT2D eigenvalue weighted by Gasteiger charge is -2.60. The van der Waals surface area contributed by atoms with Crippen molar-refractivity contribution in [1.29, 1.82) is 0 Å². The number of carbonyl (C=O) groups is 2. The van der Waals surface area contributed by atoms with Crippen molar-refractivity contribution in [3.8, 4) is 0 Å². The van der Waals surface area contributed by atoms with Gasteiger partial charge in [-0.3, -0.25) is 9.69 Å². The highest BCUT2D eigenvalue weighted by Crippen LogP contribution is 2.87. The molecule has 3 heterocycles. The molecule has 8 fully saturated rings. The summed E-state index contributed by atoms with van der Waals surface area (Å²) < 4.78 is 31.4. The molecule has 5 aliphatic carbocycles. The van der Waals surface area contributed by atoms with E-state index in [2.05, 4.69) is 25.7 Å². The number of amides is 1. The van der Waals surface area contributed by atoms with Crippen molar-refractivity contribution in [2.45, 2.75) is 174 Å². The van der Waals surface area contributed by atoms with Crippen LogP contribution in [0, 0.1) is 45.3 Å². The van der Waals surface area contributed by atoms with Gasteiger partial charge in [0.2, 0.25) is 0 Å². The van der Waals surface area contributed by atoms with Gasteiger partial charge in [-0.25, -0.2) is 4.79 Å². The molecule has 8 rings (SSSR count). The molecule has 10 heteroatoms. The Morgan fingerprint density at radius 3 is 2.33 bits per heavy atom. The van der Waals surface area contributed by atoms with Crippen LogP contribution in [0.5, 0.6) is 0 Å². The highest BCUT2D eigenvalue weighted by Gasteiger charge is 2.80. The second kappa shape index (κ2) is 12.5. The van der Waals surface area contributed by atoms with Gasteiger partial charge in [0.25, 0.3) is 0 Å². The maximum Gasteiger partial charge on any atom is 0.410 e. The summed E-state index contributed by atoms with van der Waals surface area (Å²) in [5.41, 5.74) is -0.389. The number of esters is 1. The predicted molar refractivity (Wildman–Crippen MR) is 197 cm³/mol. The van der Waals surface area contributed by atoms with Crippen molar-refractivity contribution >= 4 is 12.1 Å². The van der Waals surface area contributed by atoms with Crippen LogP contribution in [0.4, 0.5) is 4.79 Å². The second-order valence-electron chi connectivity index (χ2n) is 21.0. The van der Waals surface area contributed by atoms with Crippen LogP contribution in [0.2, 0.25) is 0 Å². The van der Waals surface area contributed by atoms with Gasteiger partial charge in [-0.1, -0.05) is 20.8 Å². The summed E-state index contributed by atoms with van der Waals surface area (Å²) >= 11 is 0. The first-order chi connectivity index (χ1) is 24.3. The van der Waals surface area contributed by atoms with Gasteiger partial charge in [0.15, 0.2) is 12.4 Å². The molecule has 12 atom stereocenters. The third-order valence-electron chi connectivity index (χ3n) is 16.3. The van der Waals surface area contributed by atoms with E-state index < -0.39 is 17.3 Å². The monoisotopic (exact) mass is 731 g/mol. The third-order valence-corrected chi connectivity index (χ3v) is 16.3. The van der Waals surface area contributed by atoms with E-state index in [4.69, 9.17) is 23.7 Å². The number of nitrogens with zero attached hydrogens (tertiary/aromatic N) is 2. The number of carbonyl (C=O) groups excluding carboxylic acids is 2. The van der Waals surface area contributed by atoms with Crippen LogP contribution >= 0.6 is 0 Å². The summed E-state index contributed by atoms with van der Waals surface area (Å²) in [5.74, 6) is 2.25. The van der Waals surface area contributed by atoms with Crippen LogP contribution in [0.1, 0.15) is 128 Å². The molecule has 0 radical (unpaired) electrons. The fraction of sp³-hybridized carbons (Fsp3) is 0.952. The molecule has 8 unspecified atom stereocenters. The summed E-state index contributed by atoms with van der Waals surface area (Å²) in [6.45, 7) is 21.9. The van der Waals surface area contributed by atoms with Crippen molar-refractivity contribution < 1.29 is 39.8 Å². The summed E-state index contributed by atoms with van der Waals surface area (Å²) in [7, 11) is 0. The number of hydrogen-bond acceptors (Lipinski definition) is 9. The molecule has 5 saturated carbocycles. The molecule has 3 aliphatic heterocycles. The number of rotatable bonds is 6. The highest BCUT2D eigenvalue weighted by atomic mass is 16.7. The van der Waals surface area contributed by atoms with Crippen LogP contribution in [0.15, 0.2) is 0 Å². The van der Waals surface area contributed by atoms with Crippen molar-refractivity contribution in [2.75, 3.05) is 32.8 Å². The van der Waals surface area contributed by atoms with E-state index in [1.807, 2.05) is 25.7 Å². The van der Waals surface area contributed by atoms with E-state index >= 15 is 0 Å². The van der Waals surface area contributed by atoms with Gasteiger partial charge in [-0.2, -0.15) is 0 Å². The Morgan fingerprint density at radius 1 is 0.904 bits per heavy atom. The van der Waals surface area contributed by atoms with E-state index in [-0.39, 0.29) is 48.9 Å². The Morgan fingerprint density at radius 2 is 1.63 bits per heavy atom. The fourth-order valence-electron chi connectivity index (χ4n) is 14.0. The number of ether oxygens (including phenoxy) is 5. The first-order valence-corrected chi connectivity index (χ1v) is 20.8. The molecule has 0 aromatic heterocycles. The maximum absolute atomic E-state index is 12.5. The van der Waals surface area contributed by atoms with Gasteiger partial charge in [0.1, 0.15) is 5.60 Å². The quantitative estimate of drug-likeness (QED) is 0.295. The molecule has 1 amide bonds. The lowest BCUT2D eigenvalue weighted by Crippen LogP contribution is -2.64. The molecule has 0 aromatic carbocycles. The lowest BCUT2D eigenvalue weighted by molar-refractivity contribution is -0.250. The zero-order valence-corrected chi connectivity index (χ0v) is 33.6. The molecule has 2 spiro atoms. The number of morpholine rings is 1. The smallest absolute Gasteiger partial charge is 0.410 e. The van der Waals surface area contributed by atoms with E-state index in [1.165, 1.54) is 45.4 Å². The average Bonchev–Trinajstić information content (AvgIpc) is 3.59. The number of fused-ring (bicyclic) bond motifs is 4. The molecule has 3 saturated heterocycles. The molecule has 52 heavy (non-hydrogen) atoms. The van der Waals surface area contributed by atoms with Gasteiger partial charge in [0.05, 0.1) is 37.1 Å². The van der Waals surface area contributed by atoms with E-state index in [0.29, 0.717) is 54.3 Å². The van der Waals surface area contributed by atoms with Crippen LogP contribution in [-0.4, -0.2) is 108 Å². The zero-order valence-electron chi connectivity index (χ0n) is 33.6. The summed E-state index contributed by atoms with van der Waals surface area (Å²) in [6.07, 6.45) is 11.0. The van der Waals surface area contributed by atoms with Crippen LogP contribution in [-0.2, 0) is 28.5 Å². The van der Waals surface area contributed by atoms with E-state index in [9.17, 15) is 14.7 Å². The first kappa shape index (κ1) is 37.5. The molecular weight excluding hydrogens is 660 g/mol. The Balaban J connectivity index is 0.00000435. The first-order valence-electron chi connectivity index (χ1n) is 20.8. The molecular formula is C42H70N2O8. The van der Waals surface area contributed by atoms with Gasteiger partial charge in [-0.05, 0) is 144 Å². The summed E-state index contributed by atoms with van der Waals surface area (Å²) in [4.78, 5) is 28.8. The molecule has 10 nitrogen and oxygen atoms in total. The van der Waals surface area contributed by atoms with E-state index in [0.717, 1.165) is 44.7 Å². The molecule has 296 valence electrons. The minimum atomic E-state index is -1.15. The van der Waals surface area contributed by atoms with Gasteiger partial charge >= 0.3 is 12.1 Å². The minimum absolute atomic E-state index is 0. The normalized spacial score (nSPS) is 44.9. The van der Waals surface area contributed by atoms with Crippen molar-refractivity contribution in [2.24, 2.45) is 45.3 Å². The fourth-order valence-corrected chi connectivity index (χ4v) is 14.0. The average molecular weight is 731 g/mol. The van der Waals surface area contributed by atoms with Crippen molar-refractivity contribution in [1.82, 2.24) is 9.80 Å². The largest absolute Gasteiger partial charge is 0.457 e. The van der Waals surface area contributed by atoms with Crippen molar-refractivity contribution in [3.05, 3.63) is 0 Å². The van der Waals surface area contributed by atoms with E-state index in [1.54, 1.807) is 13.8 Å². The van der Waals surface area contributed by atoms with Gasteiger partial charge < -0.3 is 33.7 Å². The second-order valence-corrected chi connectivity index (χ2v) is 21.0. The highest BCUT2D eigenvalue weighted by molar-refractivity contribution is 5.69. The maximum atomic E-state index is 12.5. The van der Waals surface area contributed by atoms with Gasteiger partial charge in [-0.15, -0.1) is 0 Å². The van der Waals surface area contributed by atoms with Crippen LogP contribution < -0.4 is 0 Å². The number of aliphatic hydroxyl groups is 1. The Bertz CT molecular complexity index is 1410. The molecule has 0 bridgehead atoms. The standard InChI is InChI=1S/C42H68N2O8.H2/c1-25(45)49-35(39(7,8)47)30-12-10-28-31(50-30)20-29-27-11-13-32-38(5,6)33(14-15-42(32)24-41(27,42)17-16-40(28,29)9)51-34-23-43(18-19-48-34)26-21-44(22-26)36(46)52-37(2,3)4;/h26-35,47H,10-24H2,1-9H3;1H/t27?,28?,29?,30?,31?,32?,33-,34?,35-,40+,41-,42?;/m0./s1. The predicted octanol–water partition coefficient (Wildman–Crippen LogP) is 6.80. The molecule has 0 aromatic rings. The topological polar surface area (TPSA) is 107 Å². The Kier molecular flexibility index (Phi) is 9.02. The van der Waals surface area contributed by atoms with Crippen molar-refractivity contribution in [3.63, 3.8) is 0 Å². The molecule has 1 N–H and O–H groups in total. The lowest BCUT2D eigenvalue weighted by atomic mass is 9.46. The number of likely N-dealkylation sites (tertiary alicyclic amines) is 1. The Labute approximate surface area is 313 Å². The van der Waals surface area contributed by atoms with Crippen LogP contribution in [0.25, 0.3) is 0 Å². The zero-order chi connectivity index (χ0) is 37.2. The van der Waals surface area contributed by atoms with Crippen LogP contribution in [0.3, 0.4) is 0 Å². The Hall–Kier alpha value is -1.46. The minimum Gasteiger partial charge on any atom is -0.457 e.